The predicted octanol–water partition coefficient (Wildman–Crippen LogP) is 1.04. The smallest absolute Gasteiger partial charge is 0.274 e. The van der Waals surface area contributed by atoms with Crippen LogP contribution in [0, 0.1) is 10.1 Å². The molecule has 0 atom stereocenters. The lowest BCUT2D eigenvalue weighted by Crippen LogP contribution is -2.43. The molecule has 96 valence electrons. The first-order valence-electron chi connectivity index (χ1n) is 5.71. The highest BCUT2D eigenvalue weighted by molar-refractivity contribution is 5.88. The first-order valence-corrected chi connectivity index (χ1v) is 5.71. The molecule has 0 spiro atoms. The van der Waals surface area contributed by atoms with Gasteiger partial charge in [0.05, 0.1) is 17.0 Å². The fraction of sp³-hybridized carbons (Fsp3) is 0.417. The number of nitro benzene ring substituents is 1. The molecule has 6 nitrogen and oxygen atoms in total. The Morgan fingerprint density at radius 1 is 1.50 bits per heavy atom. The molecule has 0 bridgehead atoms. The van der Waals surface area contributed by atoms with Gasteiger partial charge in [-0.1, -0.05) is 18.2 Å². The van der Waals surface area contributed by atoms with Gasteiger partial charge in [-0.15, -0.1) is 0 Å². The van der Waals surface area contributed by atoms with Crippen LogP contribution in [-0.4, -0.2) is 28.3 Å². The lowest BCUT2D eigenvalue weighted by Gasteiger charge is -2.20. The molecule has 0 radical (unpaired) electrons. The topological polar surface area (TPSA) is 89.5 Å². The Labute approximate surface area is 105 Å². The average molecular weight is 249 g/mol. The number of carbonyl (C=O) groups excluding carboxylic acids is 1. The first-order chi connectivity index (χ1) is 8.44. The minimum absolute atomic E-state index is 0.0269. The van der Waals surface area contributed by atoms with E-state index in [2.05, 4.69) is 0 Å². The summed E-state index contributed by atoms with van der Waals surface area (Å²) in [5, 5.41) is 10.9. The summed E-state index contributed by atoms with van der Waals surface area (Å²) in [6.45, 7) is 0.203. The highest BCUT2D eigenvalue weighted by Gasteiger charge is 2.47. The molecule has 2 N–H and O–H groups in total. The standard InChI is InChI=1S/C12H15N3O3/c1-14(11(16)12(13)6-7-12)8-9-4-2-3-5-10(9)15(17)18/h2-5H,6-8,13H2,1H3. The number of hydrogen-bond acceptors (Lipinski definition) is 4. The maximum absolute atomic E-state index is 11.9. The molecule has 1 aliphatic carbocycles. The number of likely N-dealkylation sites (N-methyl/N-ethyl adjacent to an activating group) is 1. The summed E-state index contributed by atoms with van der Waals surface area (Å²) in [5.74, 6) is -0.152. The van der Waals surface area contributed by atoms with E-state index in [4.69, 9.17) is 5.73 Å². The van der Waals surface area contributed by atoms with E-state index in [0.717, 1.165) is 0 Å². The summed E-state index contributed by atoms with van der Waals surface area (Å²) < 4.78 is 0. The fourth-order valence-electron chi connectivity index (χ4n) is 1.88. The Hall–Kier alpha value is -1.95. The second-order valence-electron chi connectivity index (χ2n) is 4.70. The van der Waals surface area contributed by atoms with E-state index in [0.29, 0.717) is 18.4 Å². The van der Waals surface area contributed by atoms with Crippen molar-refractivity contribution in [1.29, 1.82) is 0 Å². The molecule has 18 heavy (non-hydrogen) atoms. The molecular formula is C12H15N3O3. The normalized spacial score (nSPS) is 16.1. The first kappa shape index (κ1) is 12.5. The molecule has 1 aliphatic rings. The fourth-order valence-corrected chi connectivity index (χ4v) is 1.88. The molecular weight excluding hydrogens is 234 g/mol. The van der Waals surface area contributed by atoms with Crippen molar-refractivity contribution in [2.24, 2.45) is 5.73 Å². The monoisotopic (exact) mass is 249 g/mol. The van der Waals surface area contributed by atoms with Crippen molar-refractivity contribution in [3.8, 4) is 0 Å². The summed E-state index contributed by atoms with van der Waals surface area (Å²) in [6.07, 6.45) is 1.38. The van der Waals surface area contributed by atoms with Gasteiger partial charge in [0.15, 0.2) is 0 Å². The third kappa shape index (κ3) is 2.33. The van der Waals surface area contributed by atoms with E-state index in [1.165, 1.54) is 11.0 Å². The minimum atomic E-state index is -0.738. The predicted molar refractivity (Wildman–Crippen MR) is 65.7 cm³/mol. The highest BCUT2D eigenvalue weighted by Crippen LogP contribution is 2.34. The van der Waals surface area contributed by atoms with Crippen LogP contribution < -0.4 is 5.73 Å². The van der Waals surface area contributed by atoms with Crippen LogP contribution in [0.2, 0.25) is 0 Å². The lowest BCUT2D eigenvalue weighted by atomic mass is 10.1. The van der Waals surface area contributed by atoms with E-state index in [1.54, 1.807) is 25.2 Å². The molecule has 1 aromatic rings. The van der Waals surface area contributed by atoms with Crippen molar-refractivity contribution < 1.29 is 9.72 Å². The number of nitro groups is 1. The van der Waals surface area contributed by atoms with Gasteiger partial charge in [-0.05, 0) is 12.8 Å². The molecule has 1 amide bonds. The SMILES string of the molecule is CN(Cc1ccccc1[N+](=O)[O-])C(=O)C1(N)CC1. The zero-order chi connectivity index (χ0) is 13.3. The largest absolute Gasteiger partial charge is 0.340 e. The Kier molecular flexibility index (Phi) is 3.04. The molecule has 0 heterocycles. The molecule has 0 saturated heterocycles. The van der Waals surface area contributed by atoms with Gasteiger partial charge in [0.1, 0.15) is 0 Å². The molecule has 2 rings (SSSR count). The van der Waals surface area contributed by atoms with E-state index >= 15 is 0 Å². The van der Waals surface area contributed by atoms with Crippen molar-refractivity contribution in [2.75, 3.05) is 7.05 Å². The third-order valence-electron chi connectivity index (χ3n) is 3.16. The highest BCUT2D eigenvalue weighted by atomic mass is 16.6. The molecule has 0 aliphatic heterocycles. The van der Waals surface area contributed by atoms with Crippen LogP contribution in [0.1, 0.15) is 18.4 Å². The van der Waals surface area contributed by atoms with Crippen LogP contribution in [0.4, 0.5) is 5.69 Å². The Morgan fingerprint density at radius 3 is 2.67 bits per heavy atom. The van der Waals surface area contributed by atoms with Gasteiger partial charge >= 0.3 is 0 Å². The zero-order valence-corrected chi connectivity index (χ0v) is 10.1. The van der Waals surface area contributed by atoms with Crippen LogP contribution in [0.3, 0.4) is 0 Å². The zero-order valence-electron chi connectivity index (χ0n) is 10.1. The number of para-hydroxylation sites is 1. The van der Waals surface area contributed by atoms with Crippen LogP contribution in [0.25, 0.3) is 0 Å². The Balaban J connectivity index is 2.14. The van der Waals surface area contributed by atoms with Gasteiger partial charge in [0.2, 0.25) is 5.91 Å². The van der Waals surface area contributed by atoms with Gasteiger partial charge in [-0.2, -0.15) is 0 Å². The van der Waals surface area contributed by atoms with Gasteiger partial charge < -0.3 is 10.6 Å². The maximum Gasteiger partial charge on any atom is 0.274 e. The van der Waals surface area contributed by atoms with Crippen LogP contribution in [0.15, 0.2) is 24.3 Å². The summed E-state index contributed by atoms with van der Waals surface area (Å²) >= 11 is 0. The molecule has 0 unspecified atom stereocenters. The van der Waals surface area contributed by atoms with Crippen molar-refractivity contribution in [3.05, 3.63) is 39.9 Å². The number of amides is 1. The van der Waals surface area contributed by atoms with Crippen molar-refractivity contribution >= 4 is 11.6 Å². The maximum atomic E-state index is 11.9. The lowest BCUT2D eigenvalue weighted by molar-refractivity contribution is -0.385. The Bertz CT molecular complexity index is 497. The number of nitrogens with two attached hydrogens (primary N) is 1. The summed E-state index contributed by atoms with van der Waals surface area (Å²) in [7, 11) is 1.62. The third-order valence-corrected chi connectivity index (χ3v) is 3.16. The minimum Gasteiger partial charge on any atom is -0.340 e. The molecule has 1 aromatic carbocycles. The number of nitrogens with zero attached hydrogens (tertiary/aromatic N) is 2. The van der Waals surface area contributed by atoms with Crippen molar-refractivity contribution in [2.45, 2.75) is 24.9 Å². The second kappa shape index (κ2) is 4.38. The van der Waals surface area contributed by atoms with Gasteiger partial charge in [0.25, 0.3) is 5.69 Å². The summed E-state index contributed by atoms with van der Waals surface area (Å²) in [5.41, 5.74) is 5.62. The van der Waals surface area contributed by atoms with Crippen LogP contribution >= 0.6 is 0 Å². The van der Waals surface area contributed by atoms with E-state index < -0.39 is 10.5 Å². The van der Waals surface area contributed by atoms with Crippen molar-refractivity contribution in [3.63, 3.8) is 0 Å². The molecule has 0 aromatic heterocycles. The van der Waals surface area contributed by atoms with Gasteiger partial charge in [0, 0.05) is 18.7 Å². The van der Waals surface area contributed by atoms with Gasteiger partial charge in [-0.3, -0.25) is 14.9 Å². The van der Waals surface area contributed by atoms with Crippen LogP contribution in [0.5, 0.6) is 0 Å². The van der Waals surface area contributed by atoms with E-state index in [1.807, 2.05) is 0 Å². The Morgan fingerprint density at radius 2 is 2.11 bits per heavy atom. The molecule has 1 saturated carbocycles. The molecule has 1 fully saturated rings. The number of benzene rings is 1. The van der Waals surface area contributed by atoms with E-state index in [9.17, 15) is 14.9 Å². The number of hydrogen-bond donors (Lipinski definition) is 1. The van der Waals surface area contributed by atoms with Crippen molar-refractivity contribution in [1.82, 2.24) is 4.90 Å². The average Bonchev–Trinajstić information content (AvgIpc) is 3.08. The molecule has 6 heteroatoms. The number of rotatable bonds is 4. The quantitative estimate of drug-likeness (QED) is 0.637. The van der Waals surface area contributed by atoms with Gasteiger partial charge in [-0.25, -0.2) is 0 Å². The summed E-state index contributed by atoms with van der Waals surface area (Å²) in [6, 6.07) is 6.41. The second-order valence-corrected chi connectivity index (χ2v) is 4.70. The number of carbonyl (C=O) groups is 1. The summed E-state index contributed by atoms with van der Waals surface area (Å²) in [4.78, 5) is 23.8. The van der Waals surface area contributed by atoms with E-state index in [-0.39, 0.29) is 18.1 Å². The van der Waals surface area contributed by atoms with Crippen LogP contribution in [-0.2, 0) is 11.3 Å².